The van der Waals surface area contributed by atoms with Gasteiger partial charge < -0.3 is 5.32 Å². The minimum absolute atomic E-state index is 0.371. The van der Waals surface area contributed by atoms with Crippen LogP contribution < -0.4 is 5.32 Å². The summed E-state index contributed by atoms with van der Waals surface area (Å²) < 4.78 is 0. The molecule has 0 bridgehead atoms. The van der Waals surface area contributed by atoms with Gasteiger partial charge in [0.05, 0.1) is 0 Å². The minimum Gasteiger partial charge on any atom is -0.326 e. The van der Waals surface area contributed by atoms with E-state index in [2.05, 4.69) is 34.1 Å². The molecule has 2 aromatic heterocycles. The summed E-state index contributed by atoms with van der Waals surface area (Å²) in [6.45, 7) is 4.16. The molecule has 2 aromatic rings. The molecule has 0 aromatic carbocycles. The molecule has 1 aliphatic heterocycles. The lowest BCUT2D eigenvalue weighted by Gasteiger charge is -2.21. The van der Waals surface area contributed by atoms with Gasteiger partial charge in [-0.3, -0.25) is 9.98 Å². The van der Waals surface area contributed by atoms with Crippen molar-refractivity contribution in [3.8, 4) is 0 Å². The van der Waals surface area contributed by atoms with Crippen LogP contribution in [0.15, 0.2) is 58.8 Å². The Hall–Kier alpha value is -2.56. The molecule has 106 valence electrons. The number of pyridine rings is 2. The van der Waals surface area contributed by atoms with E-state index in [4.69, 9.17) is 4.99 Å². The van der Waals surface area contributed by atoms with Crippen LogP contribution >= 0.6 is 0 Å². The van der Waals surface area contributed by atoms with Crippen molar-refractivity contribution in [1.29, 1.82) is 0 Å². The first-order chi connectivity index (χ1) is 10.2. The van der Waals surface area contributed by atoms with E-state index in [0.717, 1.165) is 23.8 Å². The maximum absolute atomic E-state index is 4.75. The quantitative estimate of drug-likeness (QED) is 0.939. The molecule has 0 fully saturated rings. The molecule has 0 amide bonds. The van der Waals surface area contributed by atoms with E-state index in [0.29, 0.717) is 5.84 Å². The predicted molar refractivity (Wildman–Crippen MR) is 84.8 cm³/mol. The Labute approximate surface area is 123 Å². The molecular weight excluding hydrogens is 262 g/mol. The lowest BCUT2D eigenvalue weighted by molar-refractivity contribution is 0.615. The Morgan fingerprint density at radius 3 is 2.43 bits per heavy atom. The fourth-order valence-corrected chi connectivity index (χ4v) is 2.11. The van der Waals surface area contributed by atoms with Crippen molar-refractivity contribution in [3.05, 3.63) is 54.5 Å². The Kier molecular flexibility index (Phi) is 3.48. The zero-order chi connectivity index (χ0) is 14.7. The van der Waals surface area contributed by atoms with Crippen LogP contribution in [0.1, 0.15) is 26.0 Å². The molecule has 0 spiro atoms. The highest BCUT2D eigenvalue weighted by Crippen LogP contribution is 2.25. The van der Waals surface area contributed by atoms with Gasteiger partial charge >= 0.3 is 0 Å². The number of nitrogens with zero attached hydrogens (tertiary/aromatic N) is 4. The number of hydrogen-bond donors (Lipinski definition) is 1. The second-order valence-corrected chi connectivity index (χ2v) is 5.08. The van der Waals surface area contributed by atoms with Gasteiger partial charge in [-0.25, -0.2) is 9.98 Å². The third-order valence-corrected chi connectivity index (χ3v) is 3.57. The first-order valence-corrected chi connectivity index (χ1v) is 7.00. The largest absolute Gasteiger partial charge is 0.326 e. The lowest BCUT2D eigenvalue weighted by Crippen LogP contribution is -2.35. The average molecular weight is 279 g/mol. The van der Waals surface area contributed by atoms with Gasteiger partial charge in [0.1, 0.15) is 22.9 Å². The van der Waals surface area contributed by atoms with Crippen LogP contribution in [0.25, 0.3) is 0 Å². The lowest BCUT2D eigenvalue weighted by atomic mass is 9.99. The fraction of sp³-hybridized carbons (Fsp3) is 0.250. The number of anilines is 1. The van der Waals surface area contributed by atoms with Crippen molar-refractivity contribution in [3.63, 3.8) is 0 Å². The third-order valence-electron chi connectivity index (χ3n) is 3.57. The van der Waals surface area contributed by atoms with E-state index in [9.17, 15) is 0 Å². The molecule has 0 saturated carbocycles. The number of nitrogens with one attached hydrogen (secondary N) is 1. The second-order valence-electron chi connectivity index (χ2n) is 5.08. The highest BCUT2D eigenvalue weighted by atomic mass is 15.2. The average Bonchev–Trinajstić information content (AvgIpc) is 2.87. The maximum Gasteiger partial charge on any atom is 0.176 e. The molecule has 5 nitrogen and oxygen atoms in total. The Morgan fingerprint density at radius 1 is 1.05 bits per heavy atom. The van der Waals surface area contributed by atoms with Crippen LogP contribution in [0.4, 0.5) is 5.82 Å². The molecule has 3 rings (SSSR count). The van der Waals surface area contributed by atoms with Gasteiger partial charge in [-0.05, 0) is 37.6 Å². The van der Waals surface area contributed by atoms with Crippen LogP contribution in [0, 0.1) is 0 Å². The number of hydrogen-bond acceptors (Lipinski definition) is 5. The van der Waals surface area contributed by atoms with E-state index in [1.807, 2.05) is 36.4 Å². The highest BCUT2D eigenvalue weighted by Gasteiger charge is 2.34. The molecule has 0 aliphatic carbocycles. The van der Waals surface area contributed by atoms with Crippen LogP contribution in [0.5, 0.6) is 0 Å². The van der Waals surface area contributed by atoms with E-state index in [1.54, 1.807) is 12.4 Å². The zero-order valence-electron chi connectivity index (χ0n) is 12.1. The molecular formula is C16H17N5. The van der Waals surface area contributed by atoms with Gasteiger partial charge in [0, 0.05) is 12.4 Å². The maximum atomic E-state index is 4.75. The number of rotatable bonds is 3. The first kappa shape index (κ1) is 13.4. The summed E-state index contributed by atoms with van der Waals surface area (Å²) >= 11 is 0. The summed E-state index contributed by atoms with van der Waals surface area (Å²) in [6.07, 6.45) is 4.35. The summed E-state index contributed by atoms with van der Waals surface area (Å²) in [5, 5.41) is 3.28. The number of amidine groups is 2. The molecule has 1 atom stereocenters. The first-order valence-electron chi connectivity index (χ1n) is 7.00. The normalized spacial score (nSPS) is 20.9. The van der Waals surface area contributed by atoms with Crippen LogP contribution in [-0.4, -0.2) is 27.2 Å². The Bertz CT molecular complexity index is 678. The summed E-state index contributed by atoms with van der Waals surface area (Å²) in [7, 11) is 0. The SMILES string of the molecule is CCC1(C)N=C(c2ccccn2)N=C1Nc1ccccn1. The summed E-state index contributed by atoms with van der Waals surface area (Å²) in [4.78, 5) is 18.0. The highest BCUT2D eigenvalue weighted by molar-refractivity contribution is 6.17. The molecule has 1 unspecified atom stereocenters. The van der Waals surface area contributed by atoms with Gasteiger partial charge in [-0.1, -0.05) is 19.1 Å². The van der Waals surface area contributed by atoms with Gasteiger partial charge in [-0.15, -0.1) is 0 Å². The van der Waals surface area contributed by atoms with E-state index in [-0.39, 0.29) is 5.54 Å². The van der Waals surface area contributed by atoms with Crippen molar-refractivity contribution >= 4 is 17.5 Å². The van der Waals surface area contributed by atoms with Crippen LogP contribution in [-0.2, 0) is 0 Å². The predicted octanol–water partition coefficient (Wildman–Crippen LogP) is 2.92. The zero-order valence-corrected chi connectivity index (χ0v) is 12.1. The van der Waals surface area contributed by atoms with E-state index < -0.39 is 0 Å². The molecule has 21 heavy (non-hydrogen) atoms. The molecule has 0 saturated heterocycles. The van der Waals surface area contributed by atoms with Crippen LogP contribution in [0.3, 0.4) is 0 Å². The Morgan fingerprint density at radius 2 is 1.81 bits per heavy atom. The van der Waals surface area contributed by atoms with Gasteiger partial charge in [-0.2, -0.15) is 0 Å². The van der Waals surface area contributed by atoms with Gasteiger partial charge in [0.25, 0.3) is 0 Å². The van der Waals surface area contributed by atoms with Crippen molar-refractivity contribution in [2.75, 3.05) is 5.32 Å². The standard InChI is InChI=1S/C16H17N5/c1-3-16(2)15(19-13-9-5-7-11-18-13)20-14(21-16)12-8-4-6-10-17-12/h4-11H,3H2,1-2H3,(H,18,19,20,21). The number of aromatic nitrogens is 2. The fourth-order valence-electron chi connectivity index (χ4n) is 2.11. The third kappa shape index (κ3) is 2.67. The molecule has 1 aliphatic rings. The van der Waals surface area contributed by atoms with Crippen molar-refractivity contribution in [1.82, 2.24) is 9.97 Å². The van der Waals surface area contributed by atoms with Crippen molar-refractivity contribution in [2.45, 2.75) is 25.8 Å². The summed E-state index contributed by atoms with van der Waals surface area (Å²) in [5.74, 6) is 2.25. The molecule has 3 heterocycles. The topological polar surface area (TPSA) is 62.5 Å². The minimum atomic E-state index is -0.371. The van der Waals surface area contributed by atoms with Gasteiger partial charge in [0.2, 0.25) is 0 Å². The van der Waals surface area contributed by atoms with E-state index in [1.165, 1.54) is 0 Å². The molecule has 5 heteroatoms. The smallest absolute Gasteiger partial charge is 0.176 e. The van der Waals surface area contributed by atoms with Crippen molar-refractivity contribution in [2.24, 2.45) is 9.98 Å². The Balaban J connectivity index is 1.93. The van der Waals surface area contributed by atoms with Crippen molar-refractivity contribution < 1.29 is 0 Å². The molecule has 1 N–H and O–H groups in total. The second kappa shape index (κ2) is 5.44. The van der Waals surface area contributed by atoms with Gasteiger partial charge in [0.15, 0.2) is 5.84 Å². The summed E-state index contributed by atoms with van der Waals surface area (Å²) in [5.41, 5.74) is 0.416. The monoisotopic (exact) mass is 279 g/mol. The van der Waals surface area contributed by atoms with E-state index >= 15 is 0 Å². The van der Waals surface area contributed by atoms with Crippen LogP contribution in [0.2, 0.25) is 0 Å². The summed E-state index contributed by atoms with van der Waals surface area (Å²) in [6, 6.07) is 11.5. The molecule has 0 radical (unpaired) electrons. The number of aliphatic imine (C=N–C) groups is 2.